The largest absolute Gasteiger partial charge is 0.389 e. The maximum absolute atomic E-state index is 13.1. The third-order valence-electron chi connectivity index (χ3n) is 1.25. The number of hydrogen-bond acceptors (Lipinski definition) is 2. The molecule has 0 aliphatic rings. The Kier molecular flexibility index (Phi) is 4.35. The summed E-state index contributed by atoms with van der Waals surface area (Å²) in [5, 5.41) is 15.7. The average molecular weight is 259 g/mol. The van der Waals surface area contributed by atoms with Crippen LogP contribution in [0.1, 0.15) is 19.8 Å². The van der Waals surface area contributed by atoms with Gasteiger partial charge in [0.05, 0.1) is 6.10 Å². The molecule has 2 nitrogen and oxygen atoms in total. The van der Waals surface area contributed by atoms with Gasteiger partial charge in [-0.1, -0.05) is 6.92 Å². The molecule has 0 aromatic rings. The van der Waals surface area contributed by atoms with Crippen LogP contribution >= 0.6 is 22.6 Å². The number of aliphatic hydroxyl groups is 1. The summed E-state index contributed by atoms with van der Waals surface area (Å²) in [6.45, 7) is 1.71. The van der Waals surface area contributed by atoms with Crippen molar-refractivity contribution >= 4 is 28.8 Å². The van der Waals surface area contributed by atoms with E-state index in [1.807, 2.05) is 0 Å². The molecule has 2 N–H and O–H groups in total. The molecule has 0 saturated carbocycles. The van der Waals surface area contributed by atoms with Crippen LogP contribution in [0.5, 0.6) is 0 Å². The maximum atomic E-state index is 13.1. The first-order valence-corrected chi connectivity index (χ1v) is 4.17. The molecule has 0 rings (SSSR count). The summed E-state index contributed by atoms with van der Waals surface area (Å²) in [6, 6.07) is 0. The molecule has 10 heavy (non-hydrogen) atoms. The van der Waals surface area contributed by atoms with Crippen molar-refractivity contribution in [3.05, 3.63) is 0 Å². The van der Waals surface area contributed by atoms with Gasteiger partial charge in [-0.2, -0.15) is 0 Å². The molecular formula is C6H11FINO. The highest BCUT2D eigenvalue weighted by molar-refractivity contribution is 14.1. The van der Waals surface area contributed by atoms with Crippen molar-refractivity contribution in [3.63, 3.8) is 0 Å². The zero-order valence-electron chi connectivity index (χ0n) is 5.77. The number of aliphatic hydroxyl groups excluding tert-OH is 1. The van der Waals surface area contributed by atoms with Crippen LogP contribution in [0.3, 0.4) is 0 Å². The first-order valence-electron chi connectivity index (χ1n) is 3.09. The van der Waals surface area contributed by atoms with Crippen molar-refractivity contribution in [1.29, 1.82) is 5.41 Å². The van der Waals surface area contributed by atoms with Gasteiger partial charge in [0, 0.05) is 6.42 Å². The van der Waals surface area contributed by atoms with Gasteiger partial charge < -0.3 is 10.5 Å². The topological polar surface area (TPSA) is 44.1 Å². The van der Waals surface area contributed by atoms with Gasteiger partial charge in [0.2, 0.25) is 0 Å². The van der Waals surface area contributed by atoms with Gasteiger partial charge in [-0.05, 0) is 35.2 Å². The van der Waals surface area contributed by atoms with E-state index in [2.05, 4.69) is 0 Å². The number of hydrogen-bond donors (Lipinski definition) is 2. The van der Waals surface area contributed by atoms with Gasteiger partial charge in [0.25, 0.3) is 0 Å². The van der Waals surface area contributed by atoms with E-state index in [1.54, 1.807) is 6.92 Å². The Morgan fingerprint density at radius 1 is 1.90 bits per heavy atom. The molecule has 0 saturated heterocycles. The standard InChI is InChI=1S/C6H11FINO/c1-2-5(10)6(7,8)3-4-9/h4-5,9-10H,2-3H2,1H3/t5?,6-/m1/s1. The summed E-state index contributed by atoms with van der Waals surface area (Å²) in [7, 11) is 0. The van der Waals surface area contributed by atoms with E-state index in [0.717, 1.165) is 6.21 Å². The molecule has 0 aromatic heterocycles. The fraction of sp³-hybridized carbons (Fsp3) is 0.833. The first kappa shape index (κ1) is 10.3. The highest BCUT2D eigenvalue weighted by Crippen LogP contribution is 2.29. The Morgan fingerprint density at radius 2 is 2.40 bits per heavy atom. The lowest BCUT2D eigenvalue weighted by atomic mass is 10.1. The number of halogens is 2. The molecule has 0 aromatic carbocycles. The van der Waals surface area contributed by atoms with Crippen LogP contribution in [0.15, 0.2) is 0 Å². The fourth-order valence-electron chi connectivity index (χ4n) is 0.571. The second-order valence-corrected chi connectivity index (χ2v) is 3.89. The lowest BCUT2D eigenvalue weighted by Crippen LogP contribution is -2.31. The molecule has 2 atom stereocenters. The zero-order valence-corrected chi connectivity index (χ0v) is 7.93. The van der Waals surface area contributed by atoms with Gasteiger partial charge in [-0.3, -0.25) is 0 Å². The van der Waals surface area contributed by atoms with E-state index >= 15 is 0 Å². The van der Waals surface area contributed by atoms with Crippen LogP contribution in [0.4, 0.5) is 4.39 Å². The Bertz CT molecular complexity index is 118. The van der Waals surface area contributed by atoms with E-state index < -0.39 is 9.78 Å². The van der Waals surface area contributed by atoms with Gasteiger partial charge in [0.1, 0.15) is 0 Å². The van der Waals surface area contributed by atoms with Crippen LogP contribution in [0.2, 0.25) is 0 Å². The summed E-state index contributed by atoms with van der Waals surface area (Å²) in [5.41, 5.74) is 0. The van der Waals surface area contributed by atoms with Gasteiger partial charge in [-0.15, -0.1) is 0 Å². The van der Waals surface area contributed by atoms with Crippen molar-refractivity contribution in [2.75, 3.05) is 0 Å². The summed E-state index contributed by atoms with van der Waals surface area (Å²) in [5.74, 6) is 0. The molecule has 0 heterocycles. The molecule has 0 bridgehead atoms. The molecule has 0 fully saturated rings. The average Bonchev–Trinajstić information content (AvgIpc) is 1.86. The third-order valence-corrected chi connectivity index (χ3v) is 2.41. The van der Waals surface area contributed by atoms with Crippen molar-refractivity contribution in [3.8, 4) is 0 Å². The van der Waals surface area contributed by atoms with Crippen molar-refractivity contribution in [2.45, 2.75) is 29.5 Å². The molecular weight excluding hydrogens is 248 g/mol. The summed E-state index contributed by atoms with van der Waals surface area (Å²) in [6.07, 6.45) is 0.371. The minimum Gasteiger partial charge on any atom is -0.389 e. The summed E-state index contributed by atoms with van der Waals surface area (Å²) < 4.78 is 11.4. The van der Waals surface area contributed by atoms with Crippen LogP contribution in [0.25, 0.3) is 0 Å². The van der Waals surface area contributed by atoms with E-state index in [0.29, 0.717) is 6.42 Å². The first-order chi connectivity index (χ1) is 4.54. The molecule has 1 unspecified atom stereocenters. The molecule has 0 amide bonds. The summed E-state index contributed by atoms with van der Waals surface area (Å²) >= 11 is 1.53. The van der Waals surface area contributed by atoms with Crippen molar-refractivity contribution in [1.82, 2.24) is 0 Å². The Labute approximate surface area is 73.5 Å². The quantitative estimate of drug-likeness (QED) is 0.452. The van der Waals surface area contributed by atoms with Crippen LogP contribution < -0.4 is 0 Å². The Hall–Kier alpha value is 0.290. The SMILES string of the molecule is CCC(O)[C@](F)(I)CC=N. The Balaban J connectivity index is 3.94. The van der Waals surface area contributed by atoms with E-state index in [9.17, 15) is 4.39 Å². The third kappa shape index (κ3) is 2.92. The highest BCUT2D eigenvalue weighted by Gasteiger charge is 2.32. The van der Waals surface area contributed by atoms with Gasteiger partial charge >= 0.3 is 0 Å². The van der Waals surface area contributed by atoms with Crippen molar-refractivity contribution < 1.29 is 9.50 Å². The molecule has 0 radical (unpaired) electrons. The maximum Gasteiger partial charge on any atom is 0.191 e. The summed E-state index contributed by atoms with van der Waals surface area (Å²) in [4.78, 5) is 0. The molecule has 0 aliphatic heterocycles. The second kappa shape index (κ2) is 4.23. The Morgan fingerprint density at radius 3 is 2.70 bits per heavy atom. The number of alkyl halides is 2. The van der Waals surface area contributed by atoms with Gasteiger partial charge in [0.15, 0.2) is 3.68 Å². The normalized spacial score (nSPS) is 19.6. The zero-order chi connectivity index (χ0) is 8.20. The van der Waals surface area contributed by atoms with E-state index in [4.69, 9.17) is 10.5 Å². The van der Waals surface area contributed by atoms with Crippen molar-refractivity contribution in [2.24, 2.45) is 0 Å². The minimum atomic E-state index is -1.66. The van der Waals surface area contributed by atoms with Crippen LogP contribution in [0, 0.1) is 5.41 Å². The number of rotatable bonds is 4. The lowest BCUT2D eigenvalue weighted by molar-refractivity contribution is 0.0682. The van der Waals surface area contributed by atoms with E-state index in [-0.39, 0.29) is 6.42 Å². The lowest BCUT2D eigenvalue weighted by Gasteiger charge is -2.21. The minimum absolute atomic E-state index is 0.0252. The smallest absolute Gasteiger partial charge is 0.191 e. The van der Waals surface area contributed by atoms with E-state index in [1.165, 1.54) is 22.6 Å². The monoisotopic (exact) mass is 259 g/mol. The van der Waals surface area contributed by atoms with Crippen LogP contribution in [-0.2, 0) is 0 Å². The van der Waals surface area contributed by atoms with Gasteiger partial charge in [-0.25, -0.2) is 4.39 Å². The predicted molar refractivity (Wildman–Crippen MR) is 47.6 cm³/mol. The highest BCUT2D eigenvalue weighted by atomic mass is 127. The van der Waals surface area contributed by atoms with Crippen LogP contribution in [-0.4, -0.2) is 21.1 Å². The molecule has 4 heteroatoms. The second-order valence-electron chi connectivity index (χ2n) is 2.09. The fourth-order valence-corrected chi connectivity index (χ4v) is 1.23. The molecule has 0 spiro atoms. The predicted octanol–water partition coefficient (Wildman–Crippen LogP) is 1.90. The molecule has 0 aliphatic carbocycles. The number of nitrogens with one attached hydrogen (secondary N) is 1. The molecule has 60 valence electrons.